The monoisotopic (exact) mass is 507 g/mol. The predicted octanol–water partition coefficient (Wildman–Crippen LogP) is 3.79. The summed E-state index contributed by atoms with van der Waals surface area (Å²) in [5.74, 6) is 0.444. The van der Waals surface area contributed by atoms with Crippen molar-refractivity contribution >= 4 is 23.2 Å². The maximum Gasteiger partial charge on any atom is 0.253 e. The quantitative estimate of drug-likeness (QED) is 0.352. The summed E-state index contributed by atoms with van der Waals surface area (Å²) < 4.78 is 0. The van der Waals surface area contributed by atoms with Gasteiger partial charge < -0.3 is 20.4 Å². The van der Waals surface area contributed by atoms with Crippen molar-refractivity contribution in [2.24, 2.45) is 0 Å². The molecule has 2 fully saturated rings. The number of aryl methyl sites for hydroxylation is 2. The molecule has 1 amide bonds. The van der Waals surface area contributed by atoms with Crippen molar-refractivity contribution in [2.45, 2.75) is 77.5 Å². The fourth-order valence-electron chi connectivity index (χ4n) is 5.01. The third-order valence-electron chi connectivity index (χ3n) is 7.29. The normalized spacial score (nSPS) is 17.3. The molecule has 1 aliphatic carbocycles. The number of nitrogens with zero attached hydrogens (tertiary/aromatic N) is 4. The maximum atomic E-state index is 12.8. The molecule has 0 unspecified atom stereocenters. The molecule has 192 valence electrons. The third-order valence-corrected chi connectivity index (χ3v) is 8.02. The van der Waals surface area contributed by atoms with Crippen LogP contribution in [0.4, 0.5) is 0 Å². The molecule has 1 atom stereocenters. The van der Waals surface area contributed by atoms with E-state index in [4.69, 9.17) is 10.7 Å². The van der Waals surface area contributed by atoms with Crippen molar-refractivity contribution in [1.82, 2.24) is 25.4 Å². The molecule has 1 aliphatic heterocycles. The Hall–Kier alpha value is -2.96. The average Bonchev–Trinajstić information content (AvgIpc) is 3.52. The van der Waals surface area contributed by atoms with Gasteiger partial charge in [0.1, 0.15) is 11.8 Å². The minimum absolute atomic E-state index is 0.126. The smallest absolute Gasteiger partial charge is 0.253 e. The first-order valence-electron chi connectivity index (χ1n) is 12.9. The maximum absolute atomic E-state index is 12.8. The van der Waals surface area contributed by atoms with Gasteiger partial charge in [-0.1, -0.05) is 0 Å². The Bertz CT molecular complexity index is 1070. The fourth-order valence-corrected chi connectivity index (χ4v) is 5.67. The number of amides is 1. The number of pyridine rings is 1. The fraction of sp³-hybridized carbons (Fsp3) is 0.556. The first-order valence-corrected chi connectivity index (χ1v) is 13.8. The summed E-state index contributed by atoms with van der Waals surface area (Å²) in [4.78, 5) is 21.7. The molecule has 0 bridgehead atoms. The lowest BCUT2D eigenvalue weighted by molar-refractivity contribution is 0.0933. The lowest BCUT2D eigenvalue weighted by Crippen LogP contribution is -2.52. The van der Waals surface area contributed by atoms with Gasteiger partial charge in [-0.25, -0.2) is 4.98 Å². The molecule has 3 N–H and O–H groups in total. The summed E-state index contributed by atoms with van der Waals surface area (Å²) in [6.07, 6.45) is 5.27. The first kappa shape index (κ1) is 26.1. The zero-order chi connectivity index (χ0) is 25.7. The highest BCUT2D eigenvalue weighted by Crippen LogP contribution is 2.24. The lowest BCUT2D eigenvalue weighted by Gasteiger charge is -2.41. The van der Waals surface area contributed by atoms with Crippen molar-refractivity contribution in [3.63, 3.8) is 0 Å². The minimum atomic E-state index is -0.126. The molecule has 9 heteroatoms. The standard InChI is InChI=1S/C27H37N7OS/c1-18-14-23(15-28)31-20(3)25(18)26(35)30-10-6-19(2)33-11-7-24(8-12-33)34(16-21-9-13-36-17-21)27(29)32-22-4-5-22/h9,13-14,17,19,22,24H,4-8,10-12,16H2,1-3H3,(H2,29,32)(H,30,35)/t19-/m1/s1. The first-order chi connectivity index (χ1) is 17.4. The predicted molar refractivity (Wildman–Crippen MR) is 143 cm³/mol. The molecule has 1 saturated heterocycles. The molecule has 4 rings (SSSR count). The van der Waals surface area contributed by atoms with Gasteiger partial charge in [-0.05, 0) is 86.9 Å². The second-order valence-corrected chi connectivity index (χ2v) is 10.9. The van der Waals surface area contributed by atoms with Crippen LogP contribution in [0.2, 0.25) is 0 Å². The summed E-state index contributed by atoms with van der Waals surface area (Å²) >= 11 is 1.71. The van der Waals surface area contributed by atoms with Crippen molar-refractivity contribution in [3.8, 4) is 6.07 Å². The Morgan fingerprint density at radius 3 is 2.69 bits per heavy atom. The van der Waals surface area contributed by atoms with Crippen LogP contribution >= 0.6 is 11.3 Å². The molecule has 36 heavy (non-hydrogen) atoms. The molecule has 2 aliphatic rings. The highest BCUT2D eigenvalue weighted by molar-refractivity contribution is 7.07. The molecular weight excluding hydrogens is 470 g/mol. The number of guanidine groups is 1. The van der Waals surface area contributed by atoms with Crippen molar-refractivity contribution in [3.05, 3.63) is 51.0 Å². The highest BCUT2D eigenvalue weighted by Gasteiger charge is 2.31. The molecule has 3 heterocycles. The summed E-state index contributed by atoms with van der Waals surface area (Å²) in [6.45, 7) is 9.22. The topological polar surface area (TPSA) is 108 Å². The molecule has 2 aromatic heterocycles. The van der Waals surface area contributed by atoms with E-state index in [9.17, 15) is 4.79 Å². The van der Waals surface area contributed by atoms with Crippen LogP contribution in [0.1, 0.15) is 71.9 Å². The Morgan fingerprint density at radius 1 is 1.33 bits per heavy atom. The number of hydrogen-bond acceptors (Lipinski definition) is 6. The average molecular weight is 508 g/mol. The number of rotatable bonds is 9. The Labute approximate surface area is 218 Å². The summed E-state index contributed by atoms with van der Waals surface area (Å²) in [6, 6.07) is 7.06. The van der Waals surface area contributed by atoms with E-state index in [0.717, 1.165) is 44.5 Å². The van der Waals surface area contributed by atoms with Gasteiger partial charge >= 0.3 is 0 Å². The van der Waals surface area contributed by atoms with E-state index in [2.05, 4.69) is 49.2 Å². The van der Waals surface area contributed by atoms with Crippen LogP contribution < -0.4 is 10.6 Å². The van der Waals surface area contributed by atoms with E-state index in [1.165, 1.54) is 18.4 Å². The van der Waals surface area contributed by atoms with Crippen LogP contribution in [0.5, 0.6) is 0 Å². The zero-order valence-corrected chi connectivity index (χ0v) is 22.3. The van der Waals surface area contributed by atoms with Crippen molar-refractivity contribution in [1.29, 1.82) is 10.7 Å². The van der Waals surface area contributed by atoms with Crippen LogP contribution in [0, 0.1) is 30.6 Å². The molecule has 0 radical (unpaired) electrons. The summed E-state index contributed by atoms with van der Waals surface area (Å²) in [5, 5.41) is 28.5. The highest BCUT2D eigenvalue weighted by atomic mass is 32.1. The number of hydrogen-bond donors (Lipinski definition) is 3. The molecule has 1 saturated carbocycles. The van der Waals surface area contributed by atoms with Gasteiger partial charge in [0.25, 0.3) is 5.91 Å². The number of carbonyl (C=O) groups is 1. The number of nitrogens with one attached hydrogen (secondary N) is 3. The van der Waals surface area contributed by atoms with E-state index in [0.29, 0.717) is 47.6 Å². The number of piperidine rings is 1. The van der Waals surface area contributed by atoms with Crippen molar-refractivity contribution < 1.29 is 4.79 Å². The third kappa shape index (κ3) is 6.62. The van der Waals surface area contributed by atoms with E-state index in [1.54, 1.807) is 24.3 Å². The van der Waals surface area contributed by atoms with Crippen LogP contribution in [-0.2, 0) is 6.54 Å². The largest absolute Gasteiger partial charge is 0.354 e. The van der Waals surface area contributed by atoms with Gasteiger partial charge in [0, 0.05) is 44.3 Å². The van der Waals surface area contributed by atoms with Crippen LogP contribution in [0.15, 0.2) is 22.9 Å². The SMILES string of the molecule is Cc1cc(C#N)nc(C)c1C(=O)NCC[C@@H](C)N1CCC(N(Cc2ccsc2)C(=N)NC2CC2)CC1. The van der Waals surface area contributed by atoms with Gasteiger partial charge in [-0.15, -0.1) is 0 Å². The van der Waals surface area contributed by atoms with E-state index in [-0.39, 0.29) is 5.91 Å². The van der Waals surface area contributed by atoms with Crippen molar-refractivity contribution in [2.75, 3.05) is 19.6 Å². The number of aromatic nitrogens is 1. The van der Waals surface area contributed by atoms with E-state index < -0.39 is 0 Å². The number of thiophene rings is 1. The van der Waals surface area contributed by atoms with Crippen LogP contribution in [0.3, 0.4) is 0 Å². The summed E-state index contributed by atoms with van der Waals surface area (Å²) in [5.41, 5.74) is 3.55. The van der Waals surface area contributed by atoms with Gasteiger partial charge in [0.15, 0.2) is 5.96 Å². The second kappa shape index (κ2) is 11.8. The van der Waals surface area contributed by atoms with Gasteiger partial charge in [0.2, 0.25) is 0 Å². The second-order valence-electron chi connectivity index (χ2n) is 10.1. The molecule has 2 aromatic rings. The number of carbonyl (C=O) groups excluding carboxylic acids is 1. The number of nitriles is 1. The van der Waals surface area contributed by atoms with E-state index in [1.807, 2.05) is 13.0 Å². The van der Waals surface area contributed by atoms with E-state index >= 15 is 0 Å². The summed E-state index contributed by atoms with van der Waals surface area (Å²) in [7, 11) is 0. The Kier molecular flexibility index (Phi) is 8.60. The molecule has 0 spiro atoms. The number of likely N-dealkylation sites (tertiary alicyclic amines) is 1. The zero-order valence-electron chi connectivity index (χ0n) is 21.5. The van der Waals surface area contributed by atoms with Gasteiger partial charge in [-0.2, -0.15) is 16.6 Å². The van der Waals surface area contributed by atoms with Crippen LogP contribution in [-0.4, -0.2) is 64.4 Å². The van der Waals surface area contributed by atoms with Gasteiger partial charge in [-0.3, -0.25) is 10.2 Å². The Balaban J connectivity index is 1.26. The van der Waals surface area contributed by atoms with Gasteiger partial charge in [0.05, 0.1) is 11.3 Å². The molecule has 0 aromatic carbocycles. The minimum Gasteiger partial charge on any atom is -0.354 e. The Morgan fingerprint density at radius 2 is 2.08 bits per heavy atom. The molecular formula is C27H37N7OS. The van der Waals surface area contributed by atoms with Crippen LogP contribution in [0.25, 0.3) is 0 Å². The lowest BCUT2D eigenvalue weighted by atomic mass is 10.0. The molecule has 8 nitrogen and oxygen atoms in total.